The van der Waals surface area contributed by atoms with E-state index in [4.69, 9.17) is 9.47 Å². The first-order chi connectivity index (χ1) is 11.1. The van der Waals surface area contributed by atoms with Crippen LogP contribution in [0.1, 0.15) is 12.6 Å². The second-order valence-corrected chi connectivity index (χ2v) is 5.22. The minimum atomic E-state index is -0.677. The van der Waals surface area contributed by atoms with E-state index in [1.807, 2.05) is 0 Å². The minimum Gasteiger partial charge on any atom is -0.469 e. The molecule has 1 aliphatic heterocycles. The summed E-state index contributed by atoms with van der Waals surface area (Å²) in [7, 11) is 1.28. The molecule has 0 spiro atoms. The van der Waals surface area contributed by atoms with Crippen molar-refractivity contribution in [1.29, 1.82) is 0 Å². The van der Waals surface area contributed by atoms with Crippen LogP contribution in [-0.2, 0) is 14.3 Å². The van der Waals surface area contributed by atoms with Crippen molar-refractivity contribution in [1.82, 2.24) is 9.55 Å². The van der Waals surface area contributed by atoms with Crippen LogP contribution < -0.4 is 0 Å². The van der Waals surface area contributed by atoms with Crippen molar-refractivity contribution < 1.29 is 24.3 Å². The molecule has 0 saturated carbocycles. The summed E-state index contributed by atoms with van der Waals surface area (Å²) in [5.41, 5.74) is 0.348. The molecule has 0 radical (unpaired) electrons. The molecule has 2 aromatic rings. The highest BCUT2D eigenvalue weighted by Gasteiger charge is 2.41. The summed E-state index contributed by atoms with van der Waals surface area (Å²) in [6, 6.07) is 2.92. The van der Waals surface area contributed by atoms with Gasteiger partial charge in [-0.3, -0.25) is 14.9 Å². The maximum atomic E-state index is 11.8. The van der Waals surface area contributed by atoms with Gasteiger partial charge in [0.15, 0.2) is 0 Å². The summed E-state index contributed by atoms with van der Waals surface area (Å²) in [6.45, 7) is -0.316. The summed E-state index contributed by atoms with van der Waals surface area (Å²) in [5.74, 6) is -1.05. The lowest BCUT2D eigenvalue weighted by Gasteiger charge is -2.14. The van der Waals surface area contributed by atoms with Crippen molar-refractivity contribution in [2.24, 2.45) is 5.92 Å². The van der Waals surface area contributed by atoms with Gasteiger partial charge in [-0.05, 0) is 6.07 Å². The largest absolute Gasteiger partial charge is 0.469 e. The van der Waals surface area contributed by atoms with Crippen LogP contribution in [0.4, 0.5) is 5.69 Å². The molecule has 0 aromatic carbocycles. The summed E-state index contributed by atoms with van der Waals surface area (Å²) in [5, 5.41) is 20.8. The molecule has 9 nitrogen and oxygen atoms in total. The zero-order valence-electron chi connectivity index (χ0n) is 12.3. The number of fused-ring (bicyclic) bond motifs is 1. The molecule has 122 valence electrons. The number of pyridine rings is 1. The number of esters is 1. The van der Waals surface area contributed by atoms with Crippen molar-refractivity contribution in [3.63, 3.8) is 0 Å². The number of ether oxygens (including phenoxy) is 2. The van der Waals surface area contributed by atoms with Crippen LogP contribution in [0, 0.1) is 16.0 Å². The van der Waals surface area contributed by atoms with Gasteiger partial charge in [0, 0.05) is 24.9 Å². The Labute approximate surface area is 130 Å². The molecule has 0 bridgehead atoms. The lowest BCUT2D eigenvalue weighted by Crippen LogP contribution is -2.28. The molecule has 3 atom stereocenters. The lowest BCUT2D eigenvalue weighted by atomic mass is 10.0. The Morgan fingerprint density at radius 3 is 3.04 bits per heavy atom. The van der Waals surface area contributed by atoms with Crippen molar-refractivity contribution in [2.75, 3.05) is 13.7 Å². The van der Waals surface area contributed by atoms with Gasteiger partial charge in [-0.15, -0.1) is 0 Å². The highest BCUT2D eigenvalue weighted by molar-refractivity contribution is 5.86. The summed E-state index contributed by atoms with van der Waals surface area (Å²) in [6.07, 6.45) is 2.05. The van der Waals surface area contributed by atoms with Crippen LogP contribution in [0.2, 0.25) is 0 Å². The van der Waals surface area contributed by atoms with E-state index in [1.165, 1.54) is 19.4 Å². The zero-order valence-corrected chi connectivity index (χ0v) is 12.3. The highest BCUT2D eigenvalue weighted by atomic mass is 16.6. The average molecular weight is 321 g/mol. The van der Waals surface area contributed by atoms with E-state index < -0.39 is 29.1 Å². The molecule has 23 heavy (non-hydrogen) atoms. The fourth-order valence-corrected chi connectivity index (χ4v) is 2.90. The third kappa shape index (κ3) is 2.53. The predicted molar refractivity (Wildman–Crippen MR) is 77.5 cm³/mol. The number of carbonyl (C=O) groups excluding carboxylic acids is 1. The number of aliphatic hydroxyl groups excluding tert-OH is 1. The summed E-state index contributed by atoms with van der Waals surface area (Å²) >= 11 is 0. The Bertz CT molecular complexity index is 758. The van der Waals surface area contributed by atoms with Gasteiger partial charge in [-0.25, -0.2) is 4.98 Å². The molecule has 1 N–H and O–H groups in total. The van der Waals surface area contributed by atoms with Gasteiger partial charge < -0.3 is 19.1 Å². The fraction of sp³-hybridized carbons (Fsp3) is 0.429. The van der Waals surface area contributed by atoms with E-state index in [1.54, 1.807) is 16.8 Å². The number of nitro groups is 1. The Hall–Kier alpha value is -2.52. The van der Waals surface area contributed by atoms with Gasteiger partial charge in [0.2, 0.25) is 0 Å². The number of carbonyl (C=O) groups is 1. The molecule has 3 heterocycles. The molecule has 1 saturated heterocycles. The fourth-order valence-electron chi connectivity index (χ4n) is 2.90. The van der Waals surface area contributed by atoms with Gasteiger partial charge >= 0.3 is 5.97 Å². The standard InChI is InChI=1S/C14H15N3O6/c1-22-14(19)9-6-12(23-11(9)7-18)16-5-3-8-10(17(20)21)2-4-15-13(8)16/h2-5,9,11-12,18H,6-7H2,1H3/t9-,11+,12+/m0/s1. The van der Waals surface area contributed by atoms with Crippen molar-refractivity contribution >= 4 is 22.7 Å². The van der Waals surface area contributed by atoms with E-state index >= 15 is 0 Å². The average Bonchev–Trinajstić information content (AvgIpc) is 3.16. The second-order valence-electron chi connectivity index (χ2n) is 5.22. The number of hydrogen-bond acceptors (Lipinski definition) is 7. The molecule has 0 unspecified atom stereocenters. The molecule has 9 heteroatoms. The lowest BCUT2D eigenvalue weighted by molar-refractivity contribution is -0.383. The number of rotatable bonds is 4. The first kappa shape index (κ1) is 15.4. The highest BCUT2D eigenvalue weighted by Crippen LogP contribution is 2.37. The summed E-state index contributed by atoms with van der Waals surface area (Å²) in [4.78, 5) is 26.5. The van der Waals surface area contributed by atoms with E-state index in [2.05, 4.69) is 4.98 Å². The van der Waals surface area contributed by atoms with Crippen LogP contribution in [-0.4, -0.2) is 45.4 Å². The third-order valence-electron chi connectivity index (χ3n) is 4.02. The predicted octanol–water partition coefficient (Wildman–Crippen LogP) is 1.01. The van der Waals surface area contributed by atoms with Gasteiger partial charge in [-0.1, -0.05) is 0 Å². The van der Waals surface area contributed by atoms with E-state index in [9.17, 15) is 20.0 Å². The Kier molecular flexibility index (Phi) is 3.97. The monoisotopic (exact) mass is 321 g/mol. The van der Waals surface area contributed by atoms with Crippen LogP contribution in [0.3, 0.4) is 0 Å². The SMILES string of the molecule is COC(=O)[C@H]1C[C@H](n2ccc3c([N+](=O)[O-])ccnc32)O[C@@H]1CO. The number of nitrogens with zero attached hydrogens (tertiary/aromatic N) is 3. The normalized spacial score (nSPS) is 24.0. The van der Waals surface area contributed by atoms with Gasteiger partial charge in [0.05, 0.1) is 36.0 Å². The summed E-state index contributed by atoms with van der Waals surface area (Å²) < 4.78 is 12.1. The molecule has 3 rings (SSSR count). The quantitative estimate of drug-likeness (QED) is 0.507. The van der Waals surface area contributed by atoms with Gasteiger partial charge in [0.1, 0.15) is 11.9 Å². The molecule has 2 aromatic heterocycles. The van der Waals surface area contributed by atoms with Crippen LogP contribution in [0.25, 0.3) is 11.0 Å². The Morgan fingerprint density at radius 2 is 2.39 bits per heavy atom. The minimum absolute atomic E-state index is 0.0463. The molecule has 0 amide bonds. The van der Waals surface area contributed by atoms with Crippen LogP contribution >= 0.6 is 0 Å². The first-order valence-corrected chi connectivity index (χ1v) is 7.01. The van der Waals surface area contributed by atoms with Crippen LogP contribution in [0.5, 0.6) is 0 Å². The van der Waals surface area contributed by atoms with Crippen molar-refractivity contribution in [3.8, 4) is 0 Å². The van der Waals surface area contributed by atoms with Crippen molar-refractivity contribution in [2.45, 2.75) is 18.8 Å². The third-order valence-corrected chi connectivity index (χ3v) is 4.02. The maximum Gasteiger partial charge on any atom is 0.311 e. The second kappa shape index (κ2) is 5.94. The zero-order chi connectivity index (χ0) is 16.6. The first-order valence-electron chi connectivity index (χ1n) is 7.01. The van der Waals surface area contributed by atoms with E-state index in [0.717, 1.165) is 0 Å². The Morgan fingerprint density at radius 1 is 1.61 bits per heavy atom. The molecule has 0 aliphatic carbocycles. The van der Waals surface area contributed by atoms with Crippen molar-refractivity contribution in [3.05, 3.63) is 34.6 Å². The maximum absolute atomic E-state index is 11.8. The number of hydrogen-bond donors (Lipinski definition) is 1. The number of aromatic nitrogens is 2. The molecular weight excluding hydrogens is 306 g/mol. The number of methoxy groups -OCH3 is 1. The smallest absolute Gasteiger partial charge is 0.311 e. The molecular formula is C14H15N3O6. The van der Waals surface area contributed by atoms with Gasteiger partial charge in [0.25, 0.3) is 5.69 Å². The van der Waals surface area contributed by atoms with Gasteiger partial charge in [-0.2, -0.15) is 0 Å². The molecule has 1 aliphatic rings. The molecule has 1 fully saturated rings. The number of aliphatic hydroxyl groups is 1. The van der Waals surface area contributed by atoms with E-state index in [0.29, 0.717) is 17.5 Å². The van der Waals surface area contributed by atoms with E-state index in [-0.39, 0.29) is 12.3 Å². The Balaban J connectivity index is 1.97. The topological polar surface area (TPSA) is 117 Å². The van der Waals surface area contributed by atoms with Crippen LogP contribution in [0.15, 0.2) is 24.5 Å².